The highest BCUT2D eigenvalue weighted by atomic mass is 17.1. The van der Waals surface area contributed by atoms with Crippen molar-refractivity contribution in [1.82, 2.24) is 0 Å². The number of hydroxylamine groups is 4. The van der Waals surface area contributed by atoms with E-state index >= 15 is 0 Å². The first-order valence-electron chi connectivity index (χ1n) is 5.24. The van der Waals surface area contributed by atoms with Crippen LogP contribution in [0, 0.1) is 10.4 Å². The zero-order valence-electron chi connectivity index (χ0n) is 8.78. The van der Waals surface area contributed by atoms with E-state index in [1.165, 1.54) is 0 Å². The smallest absolute Gasteiger partial charge is 0.178 e. The van der Waals surface area contributed by atoms with Crippen molar-refractivity contribution in [2.45, 2.75) is 31.7 Å². The molecule has 0 spiro atoms. The molecule has 5 heteroatoms. The molecule has 1 rings (SSSR count). The predicted octanol–water partition coefficient (Wildman–Crippen LogP) is -0.717. The lowest BCUT2D eigenvalue weighted by atomic mass is 10.1. The largest absolute Gasteiger partial charge is 0.595 e. The molecule has 0 aromatic rings. The molecule has 3 atom stereocenters. The SMILES string of the molecule is C=CCCC/C=C/CC1C[NH+]([O-])O[NH+]1[O-]. The summed E-state index contributed by atoms with van der Waals surface area (Å²) in [7, 11) is 0. The number of hydrogen-bond acceptors (Lipinski definition) is 3. The van der Waals surface area contributed by atoms with E-state index in [2.05, 4.69) is 11.5 Å². The van der Waals surface area contributed by atoms with Crippen molar-refractivity contribution in [2.24, 2.45) is 0 Å². The zero-order chi connectivity index (χ0) is 11.1. The first kappa shape index (κ1) is 12.4. The van der Waals surface area contributed by atoms with E-state index in [-0.39, 0.29) is 17.8 Å². The van der Waals surface area contributed by atoms with Gasteiger partial charge in [-0.2, -0.15) is 10.5 Å². The molecule has 1 aliphatic heterocycles. The minimum atomic E-state index is -0.398. The number of quaternary nitrogens is 2. The maximum absolute atomic E-state index is 11.1. The van der Waals surface area contributed by atoms with Gasteiger partial charge in [0.15, 0.2) is 12.6 Å². The van der Waals surface area contributed by atoms with Gasteiger partial charge in [0.2, 0.25) is 0 Å². The number of hydrogen-bond donors (Lipinski definition) is 2. The van der Waals surface area contributed by atoms with Crippen LogP contribution in [0.4, 0.5) is 0 Å². The molecule has 0 aliphatic carbocycles. The Labute approximate surface area is 89.7 Å². The van der Waals surface area contributed by atoms with Gasteiger partial charge in [0.1, 0.15) is 0 Å². The van der Waals surface area contributed by atoms with E-state index < -0.39 is 5.23 Å². The first-order chi connectivity index (χ1) is 7.24. The van der Waals surface area contributed by atoms with Crippen LogP contribution in [0.5, 0.6) is 0 Å². The lowest BCUT2D eigenvalue weighted by molar-refractivity contribution is -1.27. The molecule has 1 saturated heterocycles. The normalized spacial score (nSPS) is 31.2. The second kappa shape index (κ2) is 6.71. The molecular formula is C10H18N2O3. The molecule has 5 nitrogen and oxygen atoms in total. The Balaban J connectivity index is 2.11. The molecule has 3 unspecified atom stereocenters. The van der Waals surface area contributed by atoms with Gasteiger partial charge in [-0.3, -0.25) is 0 Å². The van der Waals surface area contributed by atoms with Crippen LogP contribution >= 0.6 is 0 Å². The van der Waals surface area contributed by atoms with Gasteiger partial charge in [-0.25, -0.2) is 0 Å². The number of rotatable bonds is 6. The summed E-state index contributed by atoms with van der Waals surface area (Å²) >= 11 is 0. The van der Waals surface area contributed by atoms with Crippen LogP contribution in [0.3, 0.4) is 0 Å². The summed E-state index contributed by atoms with van der Waals surface area (Å²) < 4.78 is 0. The molecule has 2 N–H and O–H groups in total. The van der Waals surface area contributed by atoms with Gasteiger partial charge in [-0.1, -0.05) is 18.2 Å². The van der Waals surface area contributed by atoms with E-state index in [0.29, 0.717) is 6.42 Å². The van der Waals surface area contributed by atoms with Crippen molar-refractivity contribution < 1.29 is 15.4 Å². The summed E-state index contributed by atoms with van der Waals surface area (Å²) in [6.45, 7) is 3.87. The Hall–Kier alpha value is -0.720. The molecular weight excluding hydrogens is 196 g/mol. The van der Waals surface area contributed by atoms with E-state index in [9.17, 15) is 10.4 Å². The molecule has 1 heterocycles. The van der Waals surface area contributed by atoms with Gasteiger partial charge in [0, 0.05) is 6.42 Å². The predicted molar refractivity (Wildman–Crippen MR) is 56.2 cm³/mol. The molecule has 0 aromatic carbocycles. The Morgan fingerprint density at radius 3 is 2.73 bits per heavy atom. The summed E-state index contributed by atoms with van der Waals surface area (Å²) in [5, 5.41) is 21.0. The molecule has 0 bridgehead atoms. The van der Waals surface area contributed by atoms with Crippen molar-refractivity contribution in [3.8, 4) is 0 Å². The molecule has 86 valence electrons. The molecule has 0 radical (unpaired) electrons. The Morgan fingerprint density at radius 1 is 1.33 bits per heavy atom. The fourth-order valence-corrected chi connectivity index (χ4v) is 1.46. The fourth-order valence-electron chi connectivity index (χ4n) is 1.46. The van der Waals surface area contributed by atoms with E-state index in [1.54, 1.807) is 0 Å². The van der Waals surface area contributed by atoms with Crippen molar-refractivity contribution in [1.29, 1.82) is 0 Å². The third kappa shape index (κ3) is 4.55. The summed E-state index contributed by atoms with van der Waals surface area (Å²) in [5.74, 6) is 0. The quantitative estimate of drug-likeness (QED) is 0.348. The molecule has 0 saturated carbocycles. The van der Waals surface area contributed by atoms with Crippen LogP contribution in [0.1, 0.15) is 25.7 Å². The topological polar surface area (TPSA) is 64.2 Å². The number of nitrogens with one attached hydrogen (secondary N) is 2. The van der Waals surface area contributed by atoms with Crippen LogP contribution in [-0.2, 0) is 4.94 Å². The highest BCUT2D eigenvalue weighted by molar-refractivity contribution is 4.84. The average Bonchev–Trinajstić information content (AvgIpc) is 2.51. The second-order valence-corrected chi connectivity index (χ2v) is 3.62. The molecule has 1 aliphatic rings. The van der Waals surface area contributed by atoms with Crippen molar-refractivity contribution in [3.63, 3.8) is 0 Å². The van der Waals surface area contributed by atoms with Gasteiger partial charge in [0.25, 0.3) is 0 Å². The lowest BCUT2D eigenvalue weighted by Gasteiger charge is -2.14. The summed E-state index contributed by atoms with van der Waals surface area (Å²) in [6.07, 6.45) is 9.57. The average molecular weight is 214 g/mol. The highest BCUT2D eigenvalue weighted by Gasteiger charge is 2.30. The minimum absolute atomic E-state index is 0.232. The summed E-state index contributed by atoms with van der Waals surface area (Å²) in [5.41, 5.74) is 0. The van der Waals surface area contributed by atoms with Crippen LogP contribution in [0.25, 0.3) is 0 Å². The third-order valence-electron chi connectivity index (χ3n) is 2.33. The Bertz CT molecular complexity index is 221. The van der Waals surface area contributed by atoms with Gasteiger partial charge in [-0.05, 0) is 24.2 Å². The molecule has 1 fully saturated rings. The van der Waals surface area contributed by atoms with Crippen molar-refractivity contribution in [2.75, 3.05) is 6.54 Å². The maximum atomic E-state index is 11.1. The molecule has 0 amide bonds. The van der Waals surface area contributed by atoms with Crippen LogP contribution in [0.2, 0.25) is 0 Å². The van der Waals surface area contributed by atoms with E-state index in [0.717, 1.165) is 19.3 Å². The van der Waals surface area contributed by atoms with Gasteiger partial charge in [0.05, 0.1) is 0 Å². The summed E-state index contributed by atoms with van der Waals surface area (Å²) in [4.78, 5) is 4.44. The lowest BCUT2D eigenvalue weighted by Crippen LogP contribution is -3.17. The minimum Gasteiger partial charge on any atom is -0.595 e. The van der Waals surface area contributed by atoms with Crippen LogP contribution in [-0.4, -0.2) is 12.6 Å². The Kier molecular flexibility index (Phi) is 5.52. The second-order valence-electron chi connectivity index (χ2n) is 3.62. The van der Waals surface area contributed by atoms with Crippen LogP contribution in [0.15, 0.2) is 24.8 Å². The monoisotopic (exact) mass is 214 g/mol. The van der Waals surface area contributed by atoms with Crippen molar-refractivity contribution in [3.05, 3.63) is 35.2 Å². The fraction of sp³-hybridized carbons (Fsp3) is 0.600. The van der Waals surface area contributed by atoms with E-state index in [4.69, 9.17) is 0 Å². The standard InChI is InChI=1S/C10H18N2O3/c1-2-3-4-5-6-7-8-10-9-11(13)15-12(10)14/h2,6-7,10-12H,1,3-5,8-9H2/b7-6+. The molecule has 0 aromatic heterocycles. The van der Waals surface area contributed by atoms with Gasteiger partial charge < -0.3 is 10.4 Å². The summed E-state index contributed by atoms with van der Waals surface area (Å²) in [6, 6.07) is -0.256. The zero-order valence-corrected chi connectivity index (χ0v) is 8.78. The van der Waals surface area contributed by atoms with Crippen molar-refractivity contribution >= 4 is 0 Å². The molecule has 15 heavy (non-hydrogen) atoms. The third-order valence-corrected chi connectivity index (χ3v) is 2.33. The van der Waals surface area contributed by atoms with Crippen LogP contribution < -0.4 is 10.5 Å². The van der Waals surface area contributed by atoms with Gasteiger partial charge >= 0.3 is 0 Å². The Morgan fingerprint density at radius 2 is 2.13 bits per heavy atom. The maximum Gasteiger partial charge on any atom is 0.178 e. The first-order valence-corrected chi connectivity index (χ1v) is 5.24. The number of unbranched alkanes of at least 4 members (excludes halogenated alkanes) is 2. The van der Waals surface area contributed by atoms with Gasteiger partial charge in [-0.15, -0.1) is 6.58 Å². The number of allylic oxidation sites excluding steroid dienone is 2. The highest BCUT2D eigenvalue weighted by Crippen LogP contribution is 1.98. The van der Waals surface area contributed by atoms with E-state index in [1.807, 2.05) is 18.2 Å².